The van der Waals surface area contributed by atoms with Crippen molar-refractivity contribution < 1.29 is 4.74 Å². The summed E-state index contributed by atoms with van der Waals surface area (Å²) in [4.78, 5) is 2.47. The van der Waals surface area contributed by atoms with Gasteiger partial charge in [-0.25, -0.2) is 0 Å². The highest BCUT2D eigenvalue weighted by Gasteiger charge is 2.17. The molecule has 0 spiro atoms. The van der Waals surface area contributed by atoms with Crippen LogP contribution in [0.5, 0.6) is 0 Å². The molecule has 108 valence electrons. The van der Waals surface area contributed by atoms with Crippen molar-refractivity contribution in [3.63, 3.8) is 0 Å². The van der Waals surface area contributed by atoms with Gasteiger partial charge in [-0.15, -0.1) is 0 Å². The molecule has 0 saturated heterocycles. The third-order valence-electron chi connectivity index (χ3n) is 4.00. The Hall–Kier alpha value is -0.120. The zero-order valence-electron chi connectivity index (χ0n) is 12.6. The summed E-state index contributed by atoms with van der Waals surface area (Å²) in [7, 11) is 0. The van der Waals surface area contributed by atoms with Gasteiger partial charge in [-0.05, 0) is 32.2 Å². The summed E-state index contributed by atoms with van der Waals surface area (Å²) in [6.07, 6.45) is 5.56. The summed E-state index contributed by atoms with van der Waals surface area (Å²) in [5.41, 5.74) is 0. The van der Waals surface area contributed by atoms with Crippen LogP contribution in [0.15, 0.2) is 0 Å². The topological polar surface area (TPSA) is 24.5 Å². The van der Waals surface area contributed by atoms with Crippen molar-refractivity contribution in [1.29, 1.82) is 0 Å². The average Bonchev–Trinajstić information content (AvgIpc) is 2.37. The van der Waals surface area contributed by atoms with E-state index in [1.807, 2.05) is 0 Å². The first kappa shape index (κ1) is 15.9. The molecule has 1 aliphatic carbocycles. The fourth-order valence-corrected chi connectivity index (χ4v) is 2.81. The van der Waals surface area contributed by atoms with Crippen LogP contribution in [0, 0.1) is 5.92 Å². The largest absolute Gasteiger partial charge is 0.380 e. The van der Waals surface area contributed by atoms with Crippen LogP contribution in [0.1, 0.15) is 46.5 Å². The van der Waals surface area contributed by atoms with Gasteiger partial charge in [0, 0.05) is 32.3 Å². The van der Waals surface area contributed by atoms with Crippen LogP contribution in [-0.4, -0.2) is 50.3 Å². The first-order valence-corrected chi connectivity index (χ1v) is 7.79. The molecule has 0 aromatic rings. The van der Waals surface area contributed by atoms with E-state index in [0.717, 1.165) is 51.4 Å². The summed E-state index contributed by atoms with van der Waals surface area (Å²) in [6.45, 7) is 12.8. The predicted molar refractivity (Wildman–Crippen MR) is 78.0 cm³/mol. The van der Waals surface area contributed by atoms with Crippen molar-refractivity contribution in [2.24, 2.45) is 5.92 Å². The molecule has 1 fully saturated rings. The Morgan fingerprint density at radius 1 is 1.22 bits per heavy atom. The second-order valence-corrected chi connectivity index (χ2v) is 5.55. The lowest BCUT2D eigenvalue weighted by molar-refractivity contribution is 0.115. The summed E-state index contributed by atoms with van der Waals surface area (Å²) in [5, 5.41) is 3.72. The number of rotatable bonds is 9. The van der Waals surface area contributed by atoms with E-state index in [1.165, 1.54) is 25.7 Å². The highest BCUT2D eigenvalue weighted by molar-refractivity contribution is 4.76. The van der Waals surface area contributed by atoms with Crippen LogP contribution in [-0.2, 0) is 4.74 Å². The number of likely N-dealkylation sites (N-methyl/N-ethyl adjacent to an activating group) is 1. The van der Waals surface area contributed by atoms with E-state index in [9.17, 15) is 0 Å². The number of hydrogen-bond acceptors (Lipinski definition) is 3. The van der Waals surface area contributed by atoms with Gasteiger partial charge in [-0.2, -0.15) is 0 Å². The molecule has 0 aromatic carbocycles. The molecule has 0 radical (unpaired) electrons. The Morgan fingerprint density at radius 3 is 2.72 bits per heavy atom. The Balaban J connectivity index is 2.06. The number of nitrogens with one attached hydrogen (secondary N) is 1. The average molecular weight is 256 g/mol. The van der Waals surface area contributed by atoms with E-state index >= 15 is 0 Å². The van der Waals surface area contributed by atoms with Gasteiger partial charge in [-0.1, -0.05) is 26.7 Å². The van der Waals surface area contributed by atoms with Crippen molar-refractivity contribution in [2.45, 2.75) is 52.5 Å². The SMILES string of the molecule is CCOCCN(CC)CCNC1CCCC(C)C1. The third kappa shape index (κ3) is 6.72. The van der Waals surface area contributed by atoms with E-state index in [2.05, 4.69) is 31.0 Å². The molecule has 18 heavy (non-hydrogen) atoms. The molecule has 1 saturated carbocycles. The third-order valence-corrected chi connectivity index (χ3v) is 4.00. The van der Waals surface area contributed by atoms with E-state index < -0.39 is 0 Å². The summed E-state index contributed by atoms with van der Waals surface area (Å²) >= 11 is 0. The van der Waals surface area contributed by atoms with Crippen LogP contribution in [0.25, 0.3) is 0 Å². The fraction of sp³-hybridized carbons (Fsp3) is 1.00. The van der Waals surface area contributed by atoms with Gasteiger partial charge in [0.15, 0.2) is 0 Å². The van der Waals surface area contributed by atoms with Gasteiger partial charge in [-0.3, -0.25) is 0 Å². The molecular formula is C15H32N2O. The lowest BCUT2D eigenvalue weighted by Crippen LogP contribution is -2.40. The highest BCUT2D eigenvalue weighted by Crippen LogP contribution is 2.23. The Kier molecular flexibility index (Phi) is 8.64. The molecule has 1 rings (SSSR count). The maximum Gasteiger partial charge on any atom is 0.0593 e. The van der Waals surface area contributed by atoms with Crippen LogP contribution >= 0.6 is 0 Å². The van der Waals surface area contributed by atoms with Crippen LogP contribution in [0.2, 0.25) is 0 Å². The van der Waals surface area contributed by atoms with Gasteiger partial charge in [0.1, 0.15) is 0 Å². The van der Waals surface area contributed by atoms with Crippen molar-refractivity contribution in [3.05, 3.63) is 0 Å². The minimum atomic E-state index is 0.763. The molecule has 0 aliphatic heterocycles. The zero-order chi connectivity index (χ0) is 13.2. The molecule has 0 amide bonds. The monoisotopic (exact) mass is 256 g/mol. The molecule has 0 heterocycles. The van der Waals surface area contributed by atoms with E-state index in [0.29, 0.717) is 0 Å². The zero-order valence-corrected chi connectivity index (χ0v) is 12.6. The van der Waals surface area contributed by atoms with E-state index in [4.69, 9.17) is 4.74 Å². The lowest BCUT2D eigenvalue weighted by Gasteiger charge is -2.29. The molecule has 3 nitrogen and oxygen atoms in total. The van der Waals surface area contributed by atoms with Crippen LogP contribution in [0.3, 0.4) is 0 Å². The number of hydrogen-bond donors (Lipinski definition) is 1. The Bertz CT molecular complexity index is 199. The fourth-order valence-electron chi connectivity index (χ4n) is 2.81. The molecule has 2 unspecified atom stereocenters. The quantitative estimate of drug-likeness (QED) is 0.642. The van der Waals surface area contributed by atoms with Crippen molar-refractivity contribution in [2.75, 3.05) is 39.4 Å². The number of nitrogens with zero attached hydrogens (tertiary/aromatic N) is 1. The molecule has 1 N–H and O–H groups in total. The lowest BCUT2D eigenvalue weighted by atomic mass is 9.87. The maximum atomic E-state index is 5.41. The standard InChI is InChI=1S/C15H32N2O/c1-4-17(11-12-18-5-2)10-9-16-15-8-6-7-14(3)13-15/h14-16H,4-13H2,1-3H3. The van der Waals surface area contributed by atoms with Gasteiger partial charge >= 0.3 is 0 Å². The normalized spacial score (nSPS) is 24.7. The Labute approximate surface area is 113 Å². The summed E-state index contributed by atoms with van der Waals surface area (Å²) in [5.74, 6) is 0.913. The smallest absolute Gasteiger partial charge is 0.0593 e. The van der Waals surface area contributed by atoms with Gasteiger partial charge in [0.2, 0.25) is 0 Å². The first-order chi connectivity index (χ1) is 8.76. The van der Waals surface area contributed by atoms with Gasteiger partial charge in [0.25, 0.3) is 0 Å². The van der Waals surface area contributed by atoms with Crippen molar-refractivity contribution >= 4 is 0 Å². The minimum absolute atomic E-state index is 0.763. The first-order valence-electron chi connectivity index (χ1n) is 7.79. The van der Waals surface area contributed by atoms with Crippen molar-refractivity contribution in [3.8, 4) is 0 Å². The maximum absolute atomic E-state index is 5.41. The molecule has 3 heteroatoms. The summed E-state index contributed by atoms with van der Waals surface area (Å²) < 4.78 is 5.41. The van der Waals surface area contributed by atoms with E-state index in [-0.39, 0.29) is 0 Å². The predicted octanol–water partition coefficient (Wildman–Crippen LogP) is 2.51. The van der Waals surface area contributed by atoms with Crippen molar-refractivity contribution in [1.82, 2.24) is 10.2 Å². The highest BCUT2D eigenvalue weighted by atomic mass is 16.5. The second kappa shape index (κ2) is 9.76. The van der Waals surface area contributed by atoms with Gasteiger partial charge < -0.3 is 15.0 Å². The molecule has 0 bridgehead atoms. The molecule has 0 aromatic heterocycles. The minimum Gasteiger partial charge on any atom is -0.380 e. The molecule has 2 atom stereocenters. The second-order valence-electron chi connectivity index (χ2n) is 5.55. The summed E-state index contributed by atoms with van der Waals surface area (Å²) in [6, 6.07) is 0.763. The van der Waals surface area contributed by atoms with Crippen LogP contribution < -0.4 is 5.32 Å². The molecular weight excluding hydrogens is 224 g/mol. The Morgan fingerprint density at radius 2 is 2.06 bits per heavy atom. The van der Waals surface area contributed by atoms with E-state index in [1.54, 1.807) is 0 Å². The van der Waals surface area contributed by atoms with Crippen LogP contribution in [0.4, 0.5) is 0 Å². The molecule has 1 aliphatic rings. The van der Waals surface area contributed by atoms with Gasteiger partial charge in [0.05, 0.1) is 6.61 Å². The number of ether oxygens (including phenoxy) is 1.